The van der Waals surface area contributed by atoms with E-state index in [0.717, 1.165) is 0 Å². The van der Waals surface area contributed by atoms with Crippen LogP contribution in [-0.2, 0) is 9.59 Å². The SMILES string of the molecule is C.NCC(F)(F)F.O=C(CCl)NCC(F)(F)F.O=C(Cl)CCl. The van der Waals surface area contributed by atoms with Crippen molar-refractivity contribution in [3.63, 3.8) is 0 Å². The molecule has 136 valence electrons. The highest BCUT2D eigenvalue weighted by atomic mass is 35.5. The molecule has 0 saturated carbocycles. The molecule has 22 heavy (non-hydrogen) atoms. The molecule has 0 fully saturated rings. The first-order valence-corrected chi connectivity index (χ1v) is 6.14. The Hall–Kier alpha value is -0.450. The first-order valence-electron chi connectivity index (χ1n) is 4.69. The lowest BCUT2D eigenvalue weighted by atomic mass is 10.6. The van der Waals surface area contributed by atoms with Gasteiger partial charge in [0.25, 0.3) is 0 Å². The molecular weight excluding hydrogens is 388 g/mol. The van der Waals surface area contributed by atoms with Crippen molar-refractivity contribution >= 4 is 46.0 Å². The molecule has 0 aromatic heterocycles. The Bertz CT molecular complexity index is 300. The molecular formula is C9H15Cl3F6N2O2. The van der Waals surface area contributed by atoms with Crippen molar-refractivity contribution in [3.05, 3.63) is 0 Å². The quantitative estimate of drug-likeness (QED) is 0.432. The zero-order valence-corrected chi connectivity index (χ0v) is 12.4. The van der Waals surface area contributed by atoms with E-state index in [-0.39, 0.29) is 13.3 Å². The Kier molecular flexibility index (Phi) is 20.7. The predicted molar refractivity (Wildman–Crippen MR) is 73.2 cm³/mol. The largest absolute Gasteiger partial charge is 0.405 e. The van der Waals surface area contributed by atoms with Crippen LogP contribution in [0.1, 0.15) is 7.43 Å². The van der Waals surface area contributed by atoms with E-state index in [2.05, 4.69) is 5.73 Å². The lowest BCUT2D eigenvalue weighted by Crippen LogP contribution is -2.34. The maximum absolute atomic E-state index is 11.3. The van der Waals surface area contributed by atoms with Gasteiger partial charge in [0.15, 0.2) is 0 Å². The summed E-state index contributed by atoms with van der Waals surface area (Å²) in [5, 5.41) is 1.07. The van der Waals surface area contributed by atoms with Crippen molar-refractivity contribution in [2.24, 2.45) is 5.73 Å². The second kappa shape index (κ2) is 15.4. The van der Waals surface area contributed by atoms with Gasteiger partial charge in [-0.3, -0.25) is 9.59 Å². The van der Waals surface area contributed by atoms with Gasteiger partial charge in [-0.05, 0) is 11.6 Å². The summed E-state index contributed by atoms with van der Waals surface area (Å²) >= 11 is 14.4. The lowest BCUT2D eigenvalue weighted by molar-refractivity contribution is -0.137. The zero-order chi connectivity index (χ0) is 17.7. The molecule has 0 heterocycles. The van der Waals surface area contributed by atoms with E-state index < -0.39 is 42.5 Å². The van der Waals surface area contributed by atoms with E-state index in [9.17, 15) is 35.9 Å². The van der Waals surface area contributed by atoms with Crippen LogP contribution in [0.15, 0.2) is 0 Å². The first kappa shape index (κ1) is 29.5. The number of alkyl halides is 8. The summed E-state index contributed by atoms with van der Waals surface area (Å²) in [6.45, 7) is -2.55. The zero-order valence-electron chi connectivity index (χ0n) is 10.1. The van der Waals surface area contributed by atoms with E-state index in [1.54, 1.807) is 5.32 Å². The molecule has 0 aromatic rings. The predicted octanol–water partition coefficient (Wildman–Crippen LogP) is 3.04. The van der Waals surface area contributed by atoms with E-state index in [1.165, 1.54) is 0 Å². The maximum Gasteiger partial charge on any atom is 0.405 e. The normalized spacial score (nSPS) is 10.1. The van der Waals surface area contributed by atoms with E-state index in [1.807, 2.05) is 0 Å². The smallest absolute Gasteiger partial charge is 0.346 e. The van der Waals surface area contributed by atoms with Crippen LogP contribution in [-0.4, -0.2) is 48.4 Å². The van der Waals surface area contributed by atoms with Crippen LogP contribution in [0.5, 0.6) is 0 Å². The van der Waals surface area contributed by atoms with Crippen molar-refractivity contribution in [3.8, 4) is 0 Å². The minimum absolute atomic E-state index is 0. The summed E-state index contributed by atoms with van der Waals surface area (Å²) in [5.74, 6) is -1.36. The van der Waals surface area contributed by atoms with Crippen LogP contribution in [0.25, 0.3) is 0 Å². The van der Waals surface area contributed by atoms with Gasteiger partial charge in [0.2, 0.25) is 11.1 Å². The summed E-state index contributed by atoms with van der Waals surface area (Å²) in [5.41, 5.74) is 4.18. The standard InChI is InChI=1S/C4H5ClF3NO.C2H2Cl2O.C2H4F3N.CH4/c5-1-3(10)9-2-4(6,7)8;3-1-2(4)5;3-2(4,5)1-6;/h1-2H2,(H,9,10);1H2;1,6H2;1H4. The number of carbonyl (C=O) groups is 2. The summed E-state index contributed by atoms with van der Waals surface area (Å²) in [4.78, 5) is 19.6. The molecule has 4 nitrogen and oxygen atoms in total. The molecule has 0 bridgehead atoms. The Balaban J connectivity index is -0.000000117. The van der Waals surface area contributed by atoms with Crippen LogP contribution in [0, 0.1) is 0 Å². The molecule has 0 atom stereocenters. The molecule has 0 unspecified atom stereocenters. The molecule has 0 rings (SSSR count). The third-order valence-electron chi connectivity index (χ3n) is 0.944. The van der Waals surface area contributed by atoms with E-state index >= 15 is 0 Å². The second-order valence-corrected chi connectivity index (χ2v) is 3.79. The van der Waals surface area contributed by atoms with Crippen molar-refractivity contribution in [2.75, 3.05) is 24.8 Å². The van der Waals surface area contributed by atoms with Gasteiger partial charge in [-0.15, -0.1) is 23.2 Å². The summed E-state index contributed by atoms with van der Waals surface area (Å²) in [6.07, 6.45) is -8.54. The highest BCUT2D eigenvalue weighted by Gasteiger charge is 2.27. The van der Waals surface area contributed by atoms with E-state index in [4.69, 9.17) is 34.8 Å². The van der Waals surface area contributed by atoms with Gasteiger partial charge in [0.1, 0.15) is 12.4 Å². The molecule has 13 heteroatoms. The summed E-state index contributed by atoms with van der Waals surface area (Å²) in [6, 6.07) is 0. The number of carbonyl (C=O) groups excluding carboxylic acids is 2. The minimum Gasteiger partial charge on any atom is -0.346 e. The molecule has 0 radical (unpaired) electrons. The minimum atomic E-state index is -4.36. The summed E-state index contributed by atoms with van der Waals surface area (Å²) < 4.78 is 65.9. The average molecular weight is 404 g/mol. The molecule has 3 N–H and O–H groups in total. The van der Waals surface area contributed by atoms with Gasteiger partial charge in [-0.2, -0.15) is 26.3 Å². The molecule has 1 amide bonds. The second-order valence-electron chi connectivity index (χ2n) is 2.83. The molecule has 0 aromatic carbocycles. The monoisotopic (exact) mass is 402 g/mol. The number of halogens is 9. The van der Waals surface area contributed by atoms with Crippen molar-refractivity contribution in [2.45, 2.75) is 19.8 Å². The van der Waals surface area contributed by atoms with Gasteiger partial charge in [-0.25, -0.2) is 0 Å². The highest BCUT2D eigenvalue weighted by molar-refractivity contribution is 6.67. The van der Waals surface area contributed by atoms with Crippen LogP contribution < -0.4 is 11.1 Å². The van der Waals surface area contributed by atoms with Gasteiger partial charge in [0, 0.05) is 0 Å². The molecule has 0 saturated heterocycles. The van der Waals surface area contributed by atoms with E-state index in [0.29, 0.717) is 0 Å². The van der Waals surface area contributed by atoms with Gasteiger partial charge in [-0.1, -0.05) is 7.43 Å². The van der Waals surface area contributed by atoms with Crippen LogP contribution in [0.3, 0.4) is 0 Å². The Morgan fingerprint density at radius 1 is 0.955 bits per heavy atom. The number of nitrogens with one attached hydrogen (secondary N) is 1. The third-order valence-corrected chi connectivity index (χ3v) is 1.70. The Morgan fingerprint density at radius 3 is 1.41 bits per heavy atom. The number of nitrogens with two attached hydrogens (primary N) is 1. The highest BCUT2D eigenvalue weighted by Crippen LogP contribution is 2.12. The Labute approximate surface area is 138 Å². The Morgan fingerprint density at radius 2 is 1.27 bits per heavy atom. The molecule has 0 spiro atoms. The van der Waals surface area contributed by atoms with Crippen molar-refractivity contribution in [1.29, 1.82) is 0 Å². The van der Waals surface area contributed by atoms with Crippen LogP contribution >= 0.6 is 34.8 Å². The number of hydrogen-bond acceptors (Lipinski definition) is 3. The van der Waals surface area contributed by atoms with Crippen LogP contribution in [0.2, 0.25) is 0 Å². The van der Waals surface area contributed by atoms with Crippen molar-refractivity contribution < 1.29 is 35.9 Å². The number of hydrogen-bond donors (Lipinski definition) is 2. The molecule has 0 aliphatic rings. The number of rotatable bonds is 3. The number of amides is 1. The fourth-order valence-electron chi connectivity index (χ4n) is 0.246. The average Bonchev–Trinajstić information content (AvgIpc) is 2.35. The molecule has 0 aliphatic heterocycles. The maximum atomic E-state index is 11.3. The van der Waals surface area contributed by atoms with Crippen LogP contribution in [0.4, 0.5) is 26.3 Å². The third kappa shape index (κ3) is 42.7. The van der Waals surface area contributed by atoms with Gasteiger partial charge < -0.3 is 11.1 Å². The summed E-state index contributed by atoms with van der Waals surface area (Å²) in [7, 11) is 0. The van der Waals surface area contributed by atoms with Gasteiger partial charge in [0.05, 0.1) is 12.4 Å². The lowest BCUT2D eigenvalue weighted by Gasteiger charge is -2.05. The molecule has 0 aliphatic carbocycles. The van der Waals surface area contributed by atoms with Crippen molar-refractivity contribution in [1.82, 2.24) is 5.32 Å². The fourth-order valence-corrected chi connectivity index (χ4v) is 0.341. The first-order chi connectivity index (χ1) is 9.29. The van der Waals surface area contributed by atoms with Gasteiger partial charge >= 0.3 is 12.4 Å². The topological polar surface area (TPSA) is 72.2 Å². The fraction of sp³-hybridized carbons (Fsp3) is 0.778.